The van der Waals surface area contributed by atoms with Crippen molar-refractivity contribution >= 4 is 227 Å². The molecule has 71 heteroatoms. The second-order valence-corrected chi connectivity index (χ2v) is 50.8. The third-order valence-corrected chi connectivity index (χ3v) is 36.9. The molecule has 12 aromatic rings. The zero-order chi connectivity index (χ0) is 97.8. The van der Waals surface area contributed by atoms with E-state index in [-0.39, 0.29) is 87.7 Å². The number of halogens is 2. The molecule has 10 bridgehead atoms. The van der Waals surface area contributed by atoms with Crippen LogP contribution in [-0.2, 0) is 134 Å². The summed E-state index contributed by atoms with van der Waals surface area (Å²) >= 11 is 24.4. The van der Waals surface area contributed by atoms with Crippen molar-refractivity contribution in [3.8, 4) is 12.3 Å². The molecule has 11 aliphatic heterocycles. The summed E-state index contributed by atoms with van der Waals surface area (Å²) in [5.74, 6) is 1.19. The first-order valence-corrected chi connectivity index (χ1v) is 57.0. The van der Waals surface area contributed by atoms with E-state index in [1.165, 1.54) is 74.6 Å². The highest BCUT2D eigenvalue weighted by Crippen LogP contribution is 2.65. The van der Waals surface area contributed by atoms with Crippen molar-refractivity contribution < 1.29 is 135 Å². The number of aromatic amines is 3. The minimum absolute atomic E-state index is 0.0137. The van der Waals surface area contributed by atoms with Crippen LogP contribution in [0.1, 0.15) is 41.2 Å². The number of alkyl halides is 1. The van der Waals surface area contributed by atoms with Gasteiger partial charge in [-0.3, -0.25) is 83.8 Å². The van der Waals surface area contributed by atoms with Crippen LogP contribution in [0.3, 0.4) is 0 Å². The number of thioether (sulfide) groups is 3. The van der Waals surface area contributed by atoms with E-state index in [1.54, 1.807) is 21.3 Å². The van der Waals surface area contributed by atoms with Gasteiger partial charge in [-0.1, -0.05) is 5.92 Å². The summed E-state index contributed by atoms with van der Waals surface area (Å²) in [5, 5.41) is 16.8. The third kappa shape index (κ3) is 17.7. The monoisotopic (exact) mass is 2180 g/mol. The minimum atomic E-state index is -4.86. The van der Waals surface area contributed by atoms with E-state index >= 15 is 4.39 Å². The molecule has 0 spiro atoms. The van der Waals surface area contributed by atoms with Crippen LogP contribution in [-0.4, -0.2) is 289 Å². The quantitative estimate of drug-likeness (QED) is 0.0815. The predicted octanol–water partition coefficient (Wildman–Crippen LogP) is 0.976. The fourth-order valence-electron chi connectivity index (χ4n) is 17.8. The van der Waals surface area contributed by atoms with E-state index in [0.717, 1.165) is 41.5 Å². The van der Waals surface area contributed by atoms with E-state index in [0.29, 0.717) is 33.7 Å². The molecule has 23 N–H and O–H groups in total. The maximum Gasteiger partial charge on any atom is 0.472 e. The molecule has 6 unspecified atom stereocenters. The molecular formula is C68H74F2N26O30P6S7. The number of aromatic nitrogens is 20. The molecular weight excluding hydrogens is 2110 g/mol. The van der Waals surface area contributed by atoms with Crippen molar-refractivity contribution in [2.75, 3.05) is 87.3 Å². The van der Waals surface area contributed by atoms with Gasteiger partial charge < -0.3 is 125 Å². The number of H-pyrrole nitrogens is 3. The lowest BCUT2D eigenvalue weighted by Gasteiger charge is -2.33. The van der Waals surface area contributed by atoms with Crippen LogP contribution in [0.15, 0.2) is 89.0 Å². The third-order valence-electron chi connectivity index (χ3n) is 24.2. The number of hydrogen-bond donors (Lipinski definition) is 17. The van der Waals surface area contributed by atoms with Gasteiger partial charge in [-0.25, -0.2) is 57.8 Å². The maximum atomic E-state index is 16.1. The van der Waals surface area contributed by atoms with Gasteiger partial charge in [-0.15, -0.1) is 41.7 Å². The summed E-state index contributed by atoms with van der Waals surface area (Å²) in [4.78, 5) is 157. The van der Waals surface area contributed by atoms with Crippen LogP contribution in [0.2, 0.25) is 0 Å². The van der Waals surface area contributed by atoms with Gasteiger partial charge in [-0.05, 0) is 65.4 Å². The normalized spacial score (nSPS) is 38.6. The number of phosphoric ester groups is 2. The Morgan fingerprint density at radius 1 is 0.460 bits per heavy atom. The number of terminal acetylenes is 1. The average Bonchev–Trinajstić information content (AvgIpc) is 1.57. The van der Waals surface area contributed by atoms with Crippen molar-refractivity contribution in [1.29, 1.82) is 0 Å². The molecule has 56 nitrogen and oxygen atoms in total. The molecule has 742 valence electrons. The number of nitrogen functional groups attached to an aromatic ring is 6. The number of aliphatic hydroxyl groups is 2. The summed E-state index contributed by atoms with van der Waals surface area (Å²) in [6.07, 6.45) is 0.488. The topological polar surface area (TPSA) is 779 Å². The van der Waals surface area contributed by atoms with Gasteiger partial charge in [0.15, 0.2) is 68.7 Å². The van der Waals surface area contributed by atoms with E-state index in [4.69, 9.17) is 166 Å². The largest absolute Gasteiger partial charge is 0.472 e. The smallest absolute Gasteiger partial charge is 0.398 e. The number of nitrogens with one attached hydrogen (secondary N) is 3. The zero-order valence-electron chi connectivity index (χ0n) is 69.8. The lowest BCUT2D eigenvalue weighted by molar-refractivity contribution is -0.183. The number of aliphatic hydroxyl groups excluding tert-OH is 2. The molecule has 23 rings (SSSR count). The molecule has 0 saturated carbocycles. The molecule has 29 atom stereocenters. The van der Waals surface area contributed by atoms with Crippen molar-refractivity contribution in [3.05, 3.63) is 112 Å². The van der Waals surface area contributed by atoms with Crippen LogP contribution in [0.25, 0.3) is 66.9 Å². The molecule has 0 aromatic carbocycles. The first-order chi connectivity index (χ1) is 65.9. The molecule has 0 radical (unpaired) electrons. The fraction of sp³-hybridized carbons (Fsp3) is 0.471. The molecule has 11 aliphatic rings. The number of anilines is 6. The Bertz CT molecular complexity index is 7260. The Morgan fingerprint density at radius 2 is 0.849 bits per heavy atom. The van der Waals surface area contributed by atoms with Crippen molar-refractivity contribution in [2.45, 2.75) is 141 Å². The van der Waals surface area contributed by atoms with Crippen LogP contribution in [0.5, 0.6) is 0 Å². The molecule has 0 amide bonds. The minimum Gasteiger partial charge on any atom is -0.398 e. The standard InChI is InChI=1S/C24H24F2N8O8P2S3.2C22H25N9O11P2S2/c1-2-24-8-39-44(37,46)42-18-16(26)12(47-22(18)34-9-30-17-20(34)31-23(28)32-21(17)35)7-38-43(36,45)41-13(24)5-14(40-24)33-6-10(25)15-11(27)3-4-29-19(15)33;2*23-8-1-2-25-16-10(8)26-6-30(16)19-14-15-22(40-19,4-37-14)5-39-44(36,45)41-13-12(32)9(3-38-43(34,35)42-15)46-20(13)31-7-27-11-17(31)28-21(24)29-18(11)33/h1,3-4,6,9,12-14,16,18,22H,5,7-8H2,(H2,27,29)(H,36,45)(H,37,46)(H3,28,31,32,35);2*1-2,6-7,9,12-15,19-20,32H,3-5H2,(H2,23,25)(H,34,35)(H,36,45)(H3,24,28,29,33)/t12-,13+,14-,16-,18-,22-,24-,43?,44?;2*9-,12-,13-,14-,15+,19-,20-,22-,44?/m111/s1. The van der Waals surface area contributed by atoms with Crippen LogP contribution in [0.4, 0.5) is 43.7 Å². The van der Waals surface area contributed by atoms with Crippen molar-refractivity contribution in [1.82, 2.24) is 97.2 Å². The highest BCUT2D eigenvalue weighted by molar-refractivity contribution is 8.08. The van der Waals surface area contributed by atoms with Gasteiger partial charge in [-0.2, -0.15) is 15.0 Å². The molecule has 12 aromatic heterocycles. The van der Waals surface area contributed by atoms with Crippen LogP contribution in [0, 0.1) is 18.2 Å². The zero-order valence-corrected chi connectivity index (χ0v) is 80.9. The number of phosphoric acid groups is 2. The van der Waals surface area contributed by atoms with E-state index in [9.17, 15) is 67.5 Å². The summed E-state index contributed by atoms with van der Waals surface area (Å²) in [7, 11) is -9.72. The van der Waals surface area contributed by atoms with Crippen molar-refractivity contribution in [3.63, 3.8) is 0 Å². The molecule has 0 aliphatic carbocycles. The van der Waals surface area contributed by atoms with Gasteiger partial charge in [0, 0.05) is 36.9 Å². The molecule has 11 saturated heterocycles. The average molecular weight is 2180 g/mol. The summed E-state index contributed by atoms with van der Waals surface area (Å²) < 4.78 is 166. The fourth-order valence-corrected chi connectivity index (χ4v) is 30.6. The van der Waals surface area contributed by atoms with Gasteiger partial charge in [0.05, 0.1) is 129 Å². The molecule has 23 heterocycles. The second-order valence-electron chi connectivity index (χ2n) is 32.8. The maximum absolute atomic E-state index is 16.1. The van der Waals surface area contributed by atoms with E-state index in [1.807, 2.05) is 0 Å². The number of fused-ring (bicyclic) bond motifs is 13. The number of imidazole rings is 5. The summed E-state index contributed by atoms with van der Waals surface area (Å²) in [5.41, 5.74) is 31.0. The Labute approximate surface area is 806 Å². The van der Waals surface area contributed by atoms with E-state index < -0.39 is 239 Å². The summed E-state index contributed by atoms with van der Waals surface area (Å²) in [6, 6.07) is 4.61. The Morgan fingerprint density at radius 3 is 1.30 bits per heavy atom. The first kappa shape index (κ1) is 97.4. The van der Waals surface area contributed by atoms with Gasteiger partial charge in [0.1, 0.15) is 105 Å². The first-order valence-electron chi connectivity index (χ1n) is 40.8. The number of nitrogens with two attached hydrogens (primary N) is 6. The van der Waals surface area contributed by atoms with Crippen LogP contribution < -0.4 is 51.1 Å². The highest BCUT2D eigenvalue weighted by atomic mass is 32.5. The lowest BCUT2D eigenvalue weighted by Crippen LogP contribution is -2.45. The molecule has 11 fully saturated rings. The predicted molar refractivity (Wildman–Crippen MR) is 496 cm³/mol. The Balaban J connectivity index is 0.000000124. The number of hydrogen-bond acceptors (Lipinski definition) is 48. The lowest BCUT2D eigenvalue weighted by atomic mass is 9.99. The number of ether oxygens (including phenoxy) is 5. The number of pyridine rings is 3. The van der Waals surface area contributed by atoms with Gasteiger partial charge in [0.25, 0.3) is 16.7 Å². The SMILES string of the molecule is C#C[C@@]12COP(O)(=S)O[C@@H]3[C@H](F)[C@@H](COP(O)(=S)O[C@H]1C[C@H](n1cc(F)c4c(N)ccnc41)O2)S[C@H]3n1cnc2c(=O)[nH]c(N)nc21.Nc1nc2c(ncn2[C@@H]2S[C@@H]3COP(=O)(O)O[C@H]4[C@H]5OC[C@]4(COP(O)(=S)O[C@@H]2[C@@H]3O)O[C@H]5n2cnc3c(N)ccnc32)c(=O)[nH]1.Nc1nc2c(ncn2[C@@H]2S[C@@H]3COP(=O)(O)O[C@H]4[C@H]5OC[C@]4(COP(O)(=S)O[C@@H]2[C@@H]3O)O[C@H]5n2cnc3c(N)ccnc32)c(=O)[nH]1. The Kier molecular flexibility index (Phi) is 25.2. The van der Waals surface area contributed by atoms with Gasteiger partial charge in [0.2, 0.25) is 17.8 Å². The molecule has 139 heavy (non-hydrogen) atoms. The summed E-state index contributed by atoms with van der Waals surface area (Å²) in [6.45, 7) is -20.4. The number of nitrogens with zero attached hydrogens (tertiary/aromatic N) is 17. The van der Waals surface area contributed by atoms with Crippen LogP contribution >= 0.6 is 77.8 Å². The highest BCUT2D eigenvalue weighted by Gasteiger charge is 2.69. The van der Waals surface area contributed by atoms with Crippen molar-refractivity contribution in [2.24, 2.45) is 0 Å². The second kappa shape index (κ2) is 35.9. The number of rotatable bonds is 6. The van der Waals surface area contributed by atoms with Gasteiger partial charge >= 0.3 is 42.5 Å². The Hall–Kier alpha value is -7.69. The van der Waals surface area contributed by atoms with E-state index in [2.05, 4.69) is 75.7 Å².